The summed E-state index contributed by atoms with van der Waals surface area (Å²) >= 11 is 5.19. The van der Waals surface area contributed by atoms with Crippen LogP contribution in [0.3, 0.4) is 0 Å². The molecule has 88 valence electrons. The van der Waals surface area contributed by atoms with Gasteiger partial charge in [-0.2, -0.15) is 0 Å². The topological polar surface area (TPSA) is 88.4 Å². The van der Waals surface area contributed by atoms with Gasteiger partial charge in [0, 0.05) is 22.6 Å². The zero-order valence-electron chi connectivity index (χ0n) is 8.04. The molecule has 1 aromatic heterocycles. The lowest BCUT2D eigenvalue weighted by Gasteiger charge is -2.13. The van der Waals surface area contributed by atoms with Crippen molar-refractivity contribution < 1.29 is 18.8 Å². The van der Waals surface area contributed by atoms with Crippen LogP contribution in [0, 0.1) is 3.77 Å². The minimum atomic E-state index is -0.827. The standard InChI is InChI=1S/C9H4BrIN2O4/c10-5-2-3(17-6(5)11)1-4-7(14)12-9(16)13-8(4)15/h1-2H,(H2,12,13,14,15,16). The lowest BCUT2D eigenvalue weighted by Crippen LogP contribution is -2.51. The first-order valence-corrected chi connectivity index (χ1v) is 6.18. The Kier molecular flexibility index (Phi) is 3.33. The fraction of sp³-hybridized carbons (Fsp3) is 0. The van der Waals surface area contributed by atoms with Gasteiger partial charge in [-0.15, -0.1) is 0 Å². The van der Waals surface area contributed by atoms with Crippen molar-refractivity contribution in [3.63, 3.8) is 0 Å². The highest BCUT2D eigenvalue weighted by atomic mass is 127. The molecule has 0 unspecified atom stereocenters. The zero-order chi connectivity index (χ0) is 12.6. The van der Waals surface area contributed by atoms with Crippen LogP contribution in [-0.4, -0.2) is 17.8 Å². The monoisotopic (exact) mass is 410 g/mol. The van der Waals surface area contributed by atoms with Gasteiger partial charge < -0.3 is 4.42 Å². The second kappa shape index (κ2) is 4.61. The van der Waals surface area contributed by atoms with Gasteiger partial charge in [0.05, 0.1) is 4.47 Å². The van der Waals surface area contributed by atoms with Crippen molar-refractivity contribution >= 4 is 62.4 Å². The van der Waals surface area contributed by atoms with Gasteiger partial charge in [-0.3, -0.25) is 20.2 Å². The second-order valence-corrected chi connectivity index (χ2v) is 4.90. The average molecular weight is 411 g/mol. The lowest BCUT2D eigenvalue weighted by molar-refractivity contribution is -0.123. The van der Waals surface area contributed by atoms with E-state index in [2.05, 4.69) is 15.9 Å². The number of rotatable bonds is 1. The number of halogens is 2. The summed E-state index contributed by atoms with van der Waals surface area (Å²) in [5, 5.41) is 3.94. The number of carbonyl (C=O) groups excluding carboxylic acids is 3. The Morgan fingerprint density at radius 1 is 1.24 bits per heavy atom. The summed E-state index contributed by atoms with van der Waals surface area (Å²) < 4.78 is 6.58. The number of nitrogens with one attached hydrogen (secondary N) is 2. The molecule has 0 saturated carbocycles. The van der Waals surface area contributed by atoms with Crippen LogP contribution in [0.15, 0.2) is 20.5 Å². The van der Waals surface area contributed by atoms with Crippen molar-refractivity contribution in [2.75, 3.05) is 0 Å². The molecule has 1 aliphatic rings. The number of carbonyl (C=O) groups is 3. The number of furan rings is 1. The third-order valence-corrected chi connectivity index (χ3v) is 4.03. The second-order valence-electron chi connectivity index (χ2n) is 3.07. The third-order valence-electron chi connectivity index (χ3n) is 1.89. The fourth-order valence-corrected chi connectivity index (χ4v) is 1.90. The zero-order valence-corrected chi connectivity index (χ0v) is 11.8. The Morgan fingerprint density at radius 2 is 1.82 bits per heavy atom. The van der Waals surface area contributed by atoms with E-state index in [0.29, 0.717) is 9.53 Å². The molecule has 1 aliphatic heterocycles. The summed E-state index contributed by atoms with van der Waals surface area (Å²) in [5.41, 5.74) is -0.178. The summed E-state index contributed by atoms with van der Waals surface area (Å²) in [7, 11) is 0. The summed E-state index contributed by atoms with van der Waals surface area (Å²) in [6.07, 6.45) is 1.27. The molecular formula is C9H4BrIN2O4. The molecule has 0 aromatic carbocycles. The molecule has 1 aromatic rings. The predicted octanol–water partition coefficient (Wildman–Crippen LogP) is 1.40. The SMILES string of the molecule is O=C1NC(=O)C(=Cc2cc(Br)c(I)o2)C(=O)N1. The molecule has 1 fully saturated rings. The molecule has 0 spiro atoms. The predicted molar refractivity (Wildman–Crippen MR) is 68.8 cm³/mol. The summed E-state index contributed by atoms with van der Waals surface area (Å²) in [6, 6.07) is 0.790. The van der Waals surface area contributed by atoms with Gasteiger partial charge in [-0.25, -0.2) is 4.79 Å². The highest BCUT2D eigenvalue weighted by Gasteiger charge is 2.28. The highest BCUT2D eigenvalue weighted by Crippen LogP contribution is 2.24. The Balaban J connectivity index is 2.35. The fourth-order valence-electron chi connectivity index (χ4n) is 1.18. The lowest BCUT2D eigenvalue weighted by atomic mass is 10.1. The van der Waals surface area contributed by atoms with E-state index in [1.165, 1.54) is 6.08 Å². The van der Waals surface area contributed by atoms with Gasteiger partial charge in [0.1, 0.15) is 11.3 Å². The van der Waals surface area contributed by atoms with Crippen LogP contribution in [0.5, 0.6) is 0 Å². The smallest absolute Gasteiger partial charge is 0.328 e. The number of imide groups is 2. The number of hydrogen-bond acceptors (Lipinski definition) is 4. The maximum absolute atomic E-state index is 11.4. The van der Waals surface area contributed by atoms with Crippen molar-refractivity contribution in [2.45, 2.75) is 0 Å². The van der Waals surface area contributed by atoms with Gasteiger partial charge >= 0.3 is 6.03 Å². The van der Waals surface area contributed by atoms with E-state index in [4.69, 9.17) is 4.42 Å². The highest BCUT2D eigenvalue weighted by molar-refractivity contribution is 14.1. The normalized spacial score (nSPS) is 15.6. The van der Waals surface area contributed by atoms with Crippen molar-refractivity contribution in [3.8, 4) is 0 Å². The minimum absolute atomic E-state index is 0.178. The third kappa shape index (κ3) is 2.57. The molecule has 17 heavy (non-hydrogen) atoms. The van der Waals surface area contributed by atoms with E-state index < -0.39 is 17.8 Å². The summed E-state index contributed by atoms with van der Waals surface area (Å²) in [4.78, 5) is 33.6. The number of hydrogen-bond donors (Lipinski definition) is 2. The summed E-state index contributed by atoms with van der Waals surface area (Å²) in [5.74, 6) is -1.15. The van der Waals surface area contributed by atoms with Gasteiger partial charge in [0.15, 0.2) is 3.77 Å². The first kappa shape index (κ1) is 12.3. The minimum Gasteiger partial charge on any atom is -0.450 e. The number of barbiturate groups is 1. The van der Waals surface area contributed by atoms with E-state index in [9.17, 15) is 14.4 Å². The van der Waals surface area contributed by atoms with Crippen molar-refractivity contribution in [1.82, 2.24) is 10.6 Å². The first-order chi connectivity index (χ1) is 7.97. The Morgan fingerprint density at radius 3 is 2.29 bits per heavy atom. The van der Waals surface area contributed by atoms with Crippen LogP contribution in [0.25, 0.3) is 6.08 Å². The molecule has 6 nitrogen and oxygen atoms in total. The average Bonchev–Trinajstić information content (AvgIpc) is 2.52. The molecule has 0 aliphatic carbocycles. The Bertz CT molecular complexity index is 522. The van der Waals surface area contributed by atoms with Crippen molar-refractivity contribution in [1.29, 1.82) is 0 Å². The van der Waals surface area contributed by atoms with Crippen molar-refractivity contribution in [3.05, 3.63) is 25.6 Å². The molecule has 4 amide bonds. The maximum atomic E-state index is 11.4. The van der Waals surface area contributed by atoms with Crippen LogP contribution < -0.4 is 10.6 Å². The van der Waals surface area contributed by atoms with E-state index in [1.54, 1.807) is 6.07 Å². The molecule has 0 atom stereocenters. The largest absolute Gasteiger partial charge is 0.450 e. The molecule has 2 heterocycles. The molecule has 2 N–H and O–H groups in total. The molecule has 8 heteroatoms. The first-order valence-electron chi connectivity index (χ1n) is 4.30. The maximum Gasteiger partial charge on any atom is 0.328 e. The van der Waals surface area contributed by atoms with Crippen molar-refractivity contribution in [2.24, 2.45) is 0 Å². The van der Waals surface area contributed by atoms with Gasteiger partial charge in [0.25, 0.3) is 11.8 Å². The number of amides is 4. The van der Waals surface area contributed by atoms with Gasteiger partial charge in [0.2, 0.25) is 0 Å². The molecule has 0 bridgehead atoms. The summed E-state index contributed by atoms with van der Waals surface area (Å²) in [6.45, 7) is 0. The van der Waals surface area contributed by atoms with E-state index in [1.807, 2.05) is 33.2 Å². The van der Waals surface area contributed by atoms with Crippen LogP contribution >= 0.6 is 38.5 Å². The van der Waals surface area contributed by atoms with Gasteiger partial charge in [-0.05, 0) is 28.1 Å². The van der Waals surface area contributed by atoms with Crippen LogP contribution in [0.1, 0.15) is 5.76 Å². The molecular weight excluding hydrogens is 407 g/mol. The van der Waals surface area contributed by atoms with Gasteiger partial charge in [-0.1, -0.05) is 0 Å². The quantitative estimate of drug-likeness (QED) is 0.416. The van der Waals surface area contributed by atoms with Crippen LogP contribution in [-0.2, 0) is 9.59 Å². The number of urea groups is 1. The Labute approximate surface area is 117 Å². The van der Waals surface area contributed by atoms with E-state index in [-0.39, 0.29) is 5.57 Å². The van der Waals surface area contributed by atoms with E-state index >= 15 is 0 Å². The van der Waals surface area contributed by atoms with Crippen LogP contribution in [0.4, 0.5) is 4.79 Å². The molecule has 0 radical (unpaired) electrons. The molecule has 1 saturated heterocycles. The van der Waals surface area contributed by atoms with Crippen LogP contribution in [0.2, 0.25) is 0 Å². The Hall–Kier alpha value is -1.16. The molecule has 2 rings (SSSR count). The van der Waals surface area contributed by atoms with E-state index in [0.717, 1.165) is 4.47 Å².